The van der Waals surface area contributed by atoms with Gasteiger partial charge in [0.15, 0.2) is 12.2 Å². The van der Waals surface area contributed by atoms with E-state index >= 15 is 0 Å². The molecule has 0 bridgehead atoms. The second-order valence-electron chi connectivity index (χ2n) is 27.4. The van der Waals surface area contributed by atoms with Crippen LogP contribution < -0.4 is 0 Å². The molecule has 2 unspecified atom stereocenters. The molecule has 3 N–H and O–H groups in total. The van der Waals surface area contributed by atoms with Crippen LogP contribution in [0.1, 0.15) is 349 Å². The first-order chi connectivity index (χ1) is 50.7. The number of esters is 4. The fraction of sp³-hybridized carbons (Fsp3) is 0.741. The molecule has 0 amide bonds. The molecule has 0 aliphatic rings. The molecule has 0 heterocycles. The van der Waals surface area contributed by atoms with E-state index in [9.17, 15) is 43.2 Å². The summed E-state index contributed by atoms with van der Waals surface area (Å²) in [6.07, 6.45) is 83.6. The molecule has 0 radical (unpaired) electrons. The molecule has 0 fully saturated rings. The number of hydrogen-bond acceptors (Lipinski definition) is 15. The van der Waals surface area contributed by atoms with E-state index in [4.69, 9.17) is 37.0 Å². The van der Waals surface area contributed by atoms with Gasteiger partial charge in [-0.1, -0.05) is 304 Å². The lowest BCUT2D eigenvalue weighted by Gasteiger charge is -2.21. The Morgan fingerprint density at radius 3 is 0.779 bits per heavy atom. The van der Waals surface area contributed by atoms with Crippen LogP contribution in [0.3, 0.4) is 0 Å². The van der Waals surface area contributed by atoms with Crippen LogP contribution in [-0.4, -0.2) is 96.7 Å². The number of aliphatic hydroxyl groups excluding tert-OH is 1. The molecule has 0 aliphatic carbocycles. The number of allylic oxidation sites excluding steroid dienone is 18. The zero-order chi connectivity index (χ0) is 76.0. The smallest absolute Gasteiger partial charge is 0.462 e. The number of hydrogen-bond donors (Lipinski definition) is 3. The predicted octanol–water partition coefficient (Wildman–Crippen LogP) is 24.1. The van der Waals surface area contributed by atoms with Crippen LogP contribution in [0.4, 0.5) is 0 Å². The van der Waals surface area contributed by atoms with Crippen molar-refractivity contribution in [2.24, 2.45) is 0 Å². The molecule has 0 rings (SSSR count). The van der Waals surface area contributed by atoms with E-state index in [1.807, 2.05) is 24.3 Å². The average Bonchev–Trinajstić information content (AvgIpc) is 0.907. The molecule has 0 aromatic rings. The lowest BCUT2D eigenvalue weighted by atomic mass is 10.0. The molecule has 0 aromatic heterocycles. The highest BCUT2D eigenvalue weighted by molar-refractivity contribution is 7.47. The zero-order valence-electron chi connectivity index (χ0n) is 65.7. The second kappa shape index (κ2) is 76.9. The Labute approximate surface area is 632 Å². The summed E-state index contributed by atoms with van der Waals surface area (Å²) in [7, 11) is -9.99. The van der Waals surface area contributed by atoms with Gasteiger partial charge in [-0.05, 0) is 128 Å². The SMILES string of the molecule is CCCCC/C=C\C/C=C\C/C=C\C/C=C\CCCC(=O)O[C@H](COC(=O)CCCCCCC/C=C\CCCCCCCC)COP(=O)(O)OC[C@@H](O)COP(=O)(O)OC[C@@H](COC(=O)CCCCCCCCCCCCCCCCC)OC(=O)CCC/C=C\C/C=C\C/C=C\C/C=C\CCCCC. The van der Waals surface area contributed by atoms with E-state index in [1.54, 1.807) is 0 Å². The maximum Gasteiger partial charge on any atom is 0.472 e. The topological polar surface area (TPSA) is 237 Å². The molecule has 0 saturated carbocycles. The fourth-order valence-corrected chi connectivity index (χ4v) is 12.5. The van der Waals surface area contributed by atoms with E-state index in [-0.39, 0.29) is 25.7 Å². The lowest BCUT2D eigenvalue weighted by molar-refractivity contribution is -0.161. The van der Waals surface area contributed by atoms with Gasteiger partial charge in [-0.2, -0.15) is 0 Å². The fourth-order valence-electron chi connectivity index (χ4n) is 10.9. The molecule has 17 nitrogen and oxygen atoms in total. The standard InChI is InChI=1S/C85H148O17P2/c1-5-9-13-17-21-25-29-33-37-39-43-47-51-55-59-63-67-71-84(89)101-80(75-95-82(87)69-65-61-57-53-49-45-41-35-31-27-23-19-15-11-7-3)77-99-103(91,92)97-73-79(86)74-98-104(93,94)100-78-81(76-96-83(88)70-66-62-58-54-50-46-42-36-32-28-24-20-16-12-8-4)102-85(90)72-68-64-60-56-52-48-44-40-38-34-30-26-22-18-14-10-6-2/h21-22,25-26,33-35,37-38,41,43-44,47-48,55-56,59-60,79-81,86H,5-20,23-24,27-32,36,39-40,42,45-46,49-54,57-58,61-78H2,1-4H3,(H,91,92)(H,93,94)/b25-21-,26-22-,37-33-,38-34-,41-35-,47-43-,48-44-,59-55-,60-56-/t79-,80-,81-/m1/s1. The summed E-state index contributed by atoms with van der Waals surface area (Å²) in [5.41, 5.74) is 0. The molecule has 19 heteroatoms. The van der Waals surface area contributed by atoms with E-state index in [2.05, 4.69) is 113 Å². The average molecular weight is 1500 g/mol. The number of phosphoric acid groups is 2. The largest absolute Gasteiger partial charge is 0.472 e. The second-order valence-corrected chi connectivity index (χ2v) is 30.3. The molecule has 5 atom stereocenters. The van der Waals surface area contributed by atoms with Crippen LogP contribution in [-0.2, 0) is 65.4 Å². The van der Waals surface area contributed by atoms with Crippen molar-refractivity contribution < 1.29 is 80.2 Å². The minimum absolute atomic E-state index is 0.0159. The van der Waals surface area contributed by atoms with Gasteiger partial charge in [-0.15, -0.1) is 0 Å². The third-order valence-corrected chi connectivity index (χ3v) is 19.1. The van der Waals surface area contributed by atoms with Crippen LogP contribution in [0.25, 0.3) is 0 Å². The van der Waals surface area contributed by atoms with Gasteiger partial charge in [-0.25, -0.2) is 9.13 Å². The Balaban J connectivity index is 5.46. The Kier molecular flexibility index (Phi) is 73.7. The summed E-state index contributed by atoms with van der Waals surface area (Å²) in [5, 5.41) is 10.6. The van der Waals surface area contributed by atoms with Gasteiger partial charge in [0.05, 0.1) is 26.4 Å². The molecule has 0 aromatic carbocycles. The number of unbranched alkanes of at least 4 members (excludes halogenated alkanes) is 33. The Hall–Kier alpha value is -4.28. The predicted molar refractivity (Wildman–Crippen MR) is 427 cm³/mol. The summed E-state index contributed by atoms with van der Waals surface area (Å²) in [6.45, 7) is 4.72. The van der Waals surface area contributed by atoms with Gasteiger partial charge in [0.1, 0.15) is 19.3 Å². The van der Waals surface area contributed by atoms with Gasteiger partial charge in [0, 0.05) is 25.7 Å². The molecule has 600 valence electrons. The third-order valence-electron chi connectivity index (χ3n) is 17.2. The maximum absolute atomic E-state index is 13.1. The van der Waals surface area contributed by atoms with E-state index < -0.39 is 97.5 Å². The van der Waals surface area contributed by atoms with Crippen LogP contribution in [0, 0.1) is 0 Å². The molecule has 0 aliphatic heterocycles. The first-order valence-corrected chi connectivity index (χ1v) is 44.1. The summed E-state index contributed by atoms with van der Waals surface area (Å²) in [5.74, 6) is -2.30. The summed E-state index contributed by atoms with van der Waals surface area (Å²) < 4.78 is 68.6. The molecular weight excluding hydrogens is 1350 g/mol. The highest BCUT2D eigenvalue weighted by atomic mass is 31.2. The van der Waals surface area contributed by atoms with Gasteiger partial charge in [-0.3, -0.25) is 37.3 Å². The molecule has 0 spiro atoms. The zero-order valence-corrected chi connectivity index (χ0v) is 67.5. The molecular formula is C85H148O17P2. The van der Waals surface area contributed by atoms with Crippen molar-refractivity contribution in [1.29, 1.82) is 0 Å². The first kappa shape index (κ1) is 99.7. The van der Waals surface area contributed by atoms with Crippen molar-refractivity contribution in [3.63, 3.8) is 0 Å². The quantitative estimate of drug-likeness (QED) is 0.0169. The van der Waals surface area contributed by atoms with Gasteiger partial charge >= 0.3 is 39.5 Å². The highest BCUT2D eigenvalue weighted by Gasteiger charge is 2.30. The normalized spacial score (nSPS) is 14.4. The van der Waals surface area contributed by atoms with Gasteiger partial charge < -0.3 is 33.8 Å². The van der Waals surface area contributed by atoms with Crippen LogP contribution in [0.15, 0.2) is 109 Å². The summed E-state index contributed by atoms with van der Waals surface area (Å²) in [4.78, 5) is 73.0. The first-order valence-electron chi connectivity index (χ1n) is 41.1. The lowest BCUT2D eigenvalue weighted by Crippen LogP contribution is -2.30. The highest BCUT2D eigenvalue weighted by Crippen LogP contribution is 2.45. The van der Waals surface area contributed by atoms with E-state index in [1.165, 1.54) is 148 Å². The Morgan fingerprint density at radius 2 is 0.481 bits per heavy atom. The minimum Gasteiger partial charge on any atom is -0.462 e. The van der Waals surface area contributed by atoms with Crippen molar-refractivity contribution in [2.75, 3.05) is 39.6 Å². The van der Waals surface area contributed by atoms with Crippen molar-refractivity contribution in [3.05, 3.63) is 109 Å². The van der Waals surface area contributed by atoms with E-state index in [0.29, 0.717) is 38.5 Å². The molecule has 104 heavy (non-hydrogen) atoms. The van der Waals surface area contributed by atoms with Gasteiger partial charge in [0.25, 0.3) is 0 Å². The van der Waals surface area contributed by atoms with Crippen LogP contribution in [0.5, 0.6) is 0 Å². The Bertz CT molecular complexity index is 2390. The number of rotatable bonds is 77. The molecule has 0 saturated heterocycles. The van der Waals surface area contributed by atoms with Crippen molar-refractivity contribution in [1.82, 2.24) is 0 Å². The summed E-state index contributed by atoms with van der Waals surface area (Å²) in [6, 6.07) is 0. The minimum atomic E-state index is -5.00. The van der Waals surface area contributed by atoms with Crippen LogP contribution >= 0.6 is 15.6 Å². The number of aliphatic hydroxyl groups is 1. The third kappa shape index (κ3) is 75.9. The van der Waals surface area contributed by atoms with Gasteiger partial charge in [0.2, 0.25) is 0 Å². The maximum atomic E-state index is 13.1. The monoisotopic (exact) mass is 1500 g/mol. The van der Waals surface area contributed by atoms with Crippen molar-refractivity contribution in [3.8, 4) is 0 Å². The van der Waals surface area contributed by atoms with E-state index in [0.717, 1.165) is 109 Å². The number of ether oxygens (including phenoxy) is 4. The number of carbonyl (C=O) groups is 4. The van der Waals surface area contributed by atoms with Crippen LogP contribution in [0.2, 0.25) is 0 Å². The van der Waals surface area contributed by atoms with Crippen molar-refractivity contribution in [2.45, 2.75) is 367 Å². The number of phosphoric ester groups is 2. The number of carbonyl (C=O) groups excluding carboxylic acids is 4. The Morgan fingerprint density at radius 1 is 0.269 bits per heavy atom. The van der Waals surface area contributed by atoms with Crippen molar-refractivity contribution >= 4 is 39.5 Å². The summed E-state index contributed by atoms with van der Waals surface area (Å²) >= 11 is 0.